The van der Waals surface area contributed by atoms with E-state index in [0.29, 0.717) is 17.9 Å². The molecule has 0 aliphatic carbocycles. The van der Waals surface area contributed by atoms with Crippen molar-refractivity contribution in [3.8, 4) is 5.75 Å². The highest BCUT2D eigenvalue weighted by atomic mass is 16.5. The molecule has 2 amide bonds. The normalized spacial score (nSPS) is 12.4. The molecule has 0 aliphatic heterocycles. The summed E-state index contributed by atoms with van der Waals surface area (Å²) in [6.45, 7) is 5.50. The summed E-state index contributed by atoms with van der Waals surface area (Å²) >= 11 is 0. The topological polar surface area (TPSA) is 93.7 Å². The van der Waals surface area contributed by atoms with Gasteiger partial charge in [-0.15, -0.1) is 0 Å². The van der Waals surface area contributed by atoms with Crippen LogP contribution >= 0.6 is 0 Å². The number of esters is 1. The van der Waals surface area contributed by atoms with E-state index in [1.807, 2.05) is 44.2 Å². The van der Waals surface area contributed by atoms with E-state index in [1.165, 1.54) is 12.5 Å². The molecule has 0 radical (unpaired) electrons. The van der Waals surface area contributed by atoms with Crippen LogP contribution in [0.4, 0.5) is 0 Å². The summed E-state index contributed by atoms with van der Waals surface area (Å²) in [5, 5.41) is 5.33. The molecule has 2 atom stereocenters. The fourth-order valence-electron chi connectivity index (χ4n) is 2.88. The van der Waals surface area contributed by atoms with E-state index in [9.17, 15) is 14.4 Å². The zero-order valence-electron chi connectivity index (χ0n) is 18.2. The van der Waals surface area contributed by atoms with Crippen LogP contribution in [-0.2, 0) is 20.7 Å². The van der Waals surface area contributed by atoms with E-state index in [4.69, 9.17) is 9.47 Å². The van der Waals surface area contributed by atoms with Gasteiger partial charge in [0.25, 0.3) is 11.8 Å². The third-order valence-corrected chi connectivity index (χ3v) is 4.60. The number of hydrogen-bond acceptors (Lipinski definition) is 5. The first kappa shape index (κ1) is 23.9. The quantitative estimate of drug-likeness (QED) is 0.539. The number of carbonyl (C=O) groups excluding carboxylic acids is 3. The maximum Gasteiger partial charge on any atom is 0.326 e. The van der Waals surface area contributed by atoms with Crippen molar-refractivity contribution in [3.05, 3.63) is 65.7 Å². The predicted octanol–water partition coefficient (Wildman–Crippen LogP) is 2.88. The summed E-state index contributed by atoms with van der Waals surface area (Å²) in [6, 6.07) is 16.5. The molecular formula is C24H30N2O5. The molecule has 0 aliphatic rings. The van der Waals surface area contributed by atoms with Gasteiger partial charge in [0.05, 0.1) is 6.61 Å². The molecule has 2 rings (SSSR count). The van der Waals surface area contributed by atoms with Crippen LogP contribution in [0.25, 0.3) is 0 Å². The molecule has 166 valence electrons. The number of carbonyl (C=O) groups is 3. The highest BCUT2D eigenvalue weighted by Crippen LogP contribution is 2.12. The molecule has 0 heterocycles. The molecular weight excluding hydrogens is 396 g/mol. The van der Waals surface area contributed by atoms with Gasteiger partial charge in [-0.2, -0.15) is 0 Å². The molecule has 0 aromatic heterocycles. The predicted molar refractivity (Wildman–Crippen MR) is 118 cm³/mol. The monoisotopic (exact) mass is 426 g/mol. The van der Waals surface area contributed by atoms with Gasteiger partial charge in [-0.05, 0) is 63.4 Å². The fraction of sp³-hybridized carbons (Fsp3) is 0.375. The Morgan fingerprint density at radius 1 is 0.968 bits per heavy atom. The number of rotatable bonds is 11. The van der Waals surface area contributed by atoms with Crippen molar-refractivity contribution in [2.75, 3.05) is 13.2 Å². The van der Waals surface area contributed by atoms with E-state index in [0.717, 1.165) is 12.8 Å². The molecule has 2 N–H and O–H groups in total. The summed E-state index contributed by atoms with van der Waals surface area (Å²) < 4.78 is 10.5. The lowest BCUT2D eigenvalue weighted by atomic mass is 10.1. The van der Waals surface area contributed by atoms with E-state index in [1.54, 1.807) is 24.3 Å². The van der Waals surface area contributed by atoms with Crippen molar-refractivity contribution in [1.82, 2.24) is 10.6 Å². The minimum atomic E-state index is -0.950. The first-order valence-electron chi connectivity index (χ1n) is 10.4. The van der Waals surface area contributed by atoms with Crippen LogP contribution in [0.15, 0.2) is 54.6 Å². The third kappa shape index (κ3) is 8.50. The van der Waals surface area contributed by atoms with Crippen LogP contribution in [0.3, 0.4) is 0 Å². The number of nitrogens with one attached hydrogen (secondary N) is 2. The van der Waals surface area contributed by atoms with Crippen LogP contribution < -0.4 is 15.4 Å². The Bertz CT molecular complexity index is 852. The molecule has 2 aromatic carbocycles. The molecule has 7 heteroatoms. The second-order valence-electron chi connectivity index (χ2n) is 7.21. The summed E-state index contributed by atoms with van der Waals surface area (Å²) in [4.78, 5) is 36.4. The van der Waals surface area contributed by atoms with Crippen LogP contribution in [0, 0.1) is 0 Å². The number of ether oxygens (including phenoxy) is 2. The molecule has 2 aromatic rings. The Kier molecular flexibility index (Phi) is 9.55. The fourth-order valence-corrected chi connectivity index (χ4v) is 2.88. The Morgan fingerprint density at radius 3 is 2.29 bits per heavy atom. The van der Waals surface area contributed by atoms with Crippen LogP contribution in [-0.4, -0.2) is 43.1 Å². The maximum atomic E-state index is 12.3. The van der Waals surface area contributed by atoms with Crippen molar-refractivity contribution in [2.24, 2.45) is 0 Å². The second kappa shape index (κ2) is 12.4. The highest BCUT2D eigenvalue weighted by molar-refractivity contribution is 5.96. The van der Waals surface area contributed by atoms with Crippen LogP contribution in [0.2, 0.25) is 0 Å². The molecule has 0 fully saturated rings. The minimum absolute atomic E-state index is 0.0618. The average molecular weight is 427 g/mol. The molecule has 31 heavy (non-hydrogen) atoms. The summed E-state index contributed by atoms with van der Waals surface area (Å²) in [6.07, 6.45) is 0.664. The molecule has 0 saturated heterocycles. The Balaban J connectivity index is 1.70. The summed E-state index contributed by atoms with van der Waals surface area (Å²) in [5.41, 5.74) is 1.60. The zero-order valence-corrected chi connectivity index (χ0v) is 18.2. The number of benzene rings is 2. The van der Waals surface area contributed by atoms with Crippen molar-refractivity contribution in [3.63, 3.8) is 0 Å². The average Bonchev–Trinajstić information content (AvgIpc) is 2.77. The Labute approximate surface area is 183 Å². The van der Waals surface area contributed by atoms with Gasteiger partial charge in [0.15, 0.2) is 6.10 Å². The Morgan fingerprint density at radius 2 is 1.65 bits per heavy atom. The van der Waals surface area contributed by atoms with Gasteiger partial charge in [-0.25, -0.2) is 0 Å². The van der Waals surface area contributed by atoms with E-state index in [2.05, 4.69) is 10.6 Å². The molecule has 0 spiro atoms. The second-order valence-corrected chi connectivity index (χ2v) is 7.21. The van der Waals surface area contributed by atoms with Gasteiger partial charge < -0.3 is 20.1 Å². The first-order chi connectivity index (χ1) is 14.9. The van der Waals surface area contributed by atoms with Crippen molar-refractivity contribution in [1.29, 1.82) is 0 Å². The van der Waals surface area contributed by atoms with Crippen molar-refractivity contribution < 1.29 is 23.9 Å². The zero-order chi connectivity index (χ0) is 22.6. The number of aryl methyl sites for hydroxylation is 1. The molecule has 0 unspecified atom stereocenters. The van der Waals surface area contributed by atoms with Crippen LogP contribution in [0.5, 0.6) is 5.75 Å². The standard InChI is InChI=1S/C24H30N2O5/c1-4-30-21-14-12-20(13-15-21)24(29)25-16-22(27)31-18(3)23(28)26-17(2)10-11-19-8-6-5-7-9-19/h5-9,12-15,17-18H,4,10-11,16H2,1-3H3,(H,25,29)(H,26,28)/t17-,18+/m1/s1. The van der Waals surface area contributed by atoms with Gasteiger partial charge >= 0.3 is 5.97 Å². The van der Waals surface area contributed by atoms with Gasteiger partial charge in [0.1, 0.15) is 12.3 Å². The SMILES string of the molecule is CCOc1ccc(C(=O)NCC(=O)O[C@@H](C)C(=O)N[C@H](C)CCc2ccccc2)cc1. The van der Waals surface area contributed by atoms with Crippen LogP contribution in [0.1, 0.15) is 43.1 Å². The van der Waals surface area contributed by atoms with Gasteiger partial charge in [-0.1, -0.05) is 30.3 Å². The number of amides is 2. The Hall–Kier alpha value is -3.35. The van der Waals surface area contributed by atoms with Gasteiger partial charge in [0.2, 0.25) is 0 Å². The van der Waals surface area contributed by atoms with E-state index < -0.39 is 18.0 Å². The lowest BCUT2D eigenvalue weighted by Crippen LogP contribution is -2.42. The lowest BCUT2D eigenvalue weighted by molar-refractivity contribution is -0.154. The van der Waals surface area contributed by atoms with Gasteiger partial charge in [-0.3, -0.25) is 14.4 Å². The van der Waals surface area contributed by atoms with E-state index >= 15 is 0 Å². The molecule has 0 bridgehead atoms. The smallest absolute Gasteiger partial charge is 0.326 e. The van der Waals surface area contributed by atoms with Crippen molar-refractivity contribution in [2.45, 2.75) is 45.8 Å². The first-order valence-corrected chi connectivity index (χ1v) is 10.4. The largest absolute Gasteiger partial charge is 0.494 e. The van der Waals surface area contributed by atoms with Gasteiger partial charge in [0, 0.05) is 11.6 Å². The molecule has 0 saturated carbocycles. The lowest BCUT2D eigenvalue weighted by Gasteiger charge is -2.18. The third-order valence-electron chi connectivity index (χ3n) is 4.60. The highest BCUT2D eigenvalue weighted by Gasteiger charge is 2.20. The minimum Gasteiger partial charge on any atom is -0.494 e. The summed E-state index contributed by atoms with van der Waals surface area (Å²) in [5.74, 6) is -0.798. The maximum absolute atomic E-state index is 12.3. The van der Waals surface area contributed by atoms with Crippen molar-refractivity contribution >= 4 is 17.8 Å². The summed E-state index contributed by atoms with van der Waals surface area (Å²) in [7, 11) is 0. The van der Waals surface area contributed by atoms with E-state index in [-0.39, 0.29) is 18.5 Å². The number of hydrogen-bond donors (Lipinski definition) is 2. The molecule has 7 nitrogen and oxygen atoms in total.